The highest BCUT2D eigenvalue weighted by atomic mass is 35.5. The van der Waals surface area contributed by atoms with Crippen LogP contribution in [0.3, 0.4) is 0 Å². The second-order valence-electron chi connectivity index (χ2n) is 7.52. The van der Waals surface area contributed by atoms with E-state index in [0.29, 0.717) is 23.1 Å². The van der Waals surface area contributed by atoms with E-state index in [2.05, 4.69) is 20.8 Å². The third kappa shape index (κ3) is 3.57. The standard InChI is InChI=1S/C18H23Cl2N5O5/c1-18(28,8-3-4-9(19)10(20)5-8)14-12(26)13(27)17(30-14)25-7-23-11-15(24-29-2)21-6-22-16(11)25/h3-5,7,11-14,16-17,22,26-28H,6H2,1-2H3,(H,21,24)/t11?,12-,13+,14-,16?,17+,18+/m0/s1. The van der Waals surface area contributed by atoms with Crippen LogP contribution in [0.2, 0.25) is 10.0 Å². The summed E-state index contributed by atoms with van der Waals surface area (Å²) in [4.78, 5) is 15.3. The van der Waals surface area contributed by atoms with Gasteiger partial charge in [-0.15, -0.1) is 0 Å². The number of benzene rings is 1. The van der Waals surface area contributed by atoms with Crippen LogP contribution in [-0.2, 0) is 15.2 Å². The summed E-state index contributed by atoms with van der Waals surface area (Å²) in [6, 6.07) is 4.26. The molecule has 4 rings (SSSR count). The summed E-state index contributed by atoms with van der Waals surface area (Å²) >= 11 is 12.0. The number of nitrogens with one attached hydrogen (secondary N) is 2. The Kier molecular flexibility index (Phi) is 5.94. The highest BCUT2D eigenvalue weighted by Crippen LogP contribution is 2.39. The number of fused-ring (bicyclic) bond motifs is 1. The molecule has 0 saturated carbocycles. The van der Waals surface area contributed by atoms with Crippen LogP contribution < -0.4 is 10.8 Å². The zero-order valence-electron chi connectivity index (χ0n) is 16.2. The second kappa shape index (κ2) is 8.21. The largest absolute Gasteiger partial charge is 0.387 e. The van der Waals surface area contributed by atoms with Gasteiger partial charge in [-0.2, -0.15) is 0 Å². The van der Waals surface area contributed by atoms with Gasteiger partial charge in [0.05, 0.1) is 30.2 Å². The summed E-state index contributed by atoms with van der Waals surface area (Å²) in [6.07, 6.45) is -3.59. The van der Waals surface area contributed by atoms with E-state index in [1.54, 1.807) is 17.0 Å². The number of nitrogens with zero attached hydrogens (tertiary/aromatic N) is 3. The molecule has 1 aromatic carbocycles. The Labute approximate surface area is 183 Å². The van der Waals surface area contributed by atoms with Crippen molar-refractivity contribution in [1.82, 2.24) is 15.7 Å². The lowest BCUT2D eigenvalue weighted by Crippen LogP contribution is -2.60. The number of aliphatic hydroxyl groups excluding tert-OH is 2. The Morgan fingerprint density at radius 2 is 2.07 bits per heavy atom. The van der Waals surface area contributed by atoms with Crippen molar-refractivity contribution in [3.63, 3.8) is 0 Å². The number of amidine groups is 1. The zero-order valence-corrected chi connectivity index (χ0v) is 17.7. The number of hydrogen-bond donors (Lipinski definition) is 5. The van der Waals surface area contributed by atoms with Crippen molar-refractivity contribution in [2.24, 2.45) is 9.98 Å². The molecule has 5 N–H and O–H groups in total. The fraction of sp³-hybridized carbons (Fsp3) is 0.556. The van der Waals surface area contributed by atoms with E-state index in [1.165, 1.54) is 26.4 Å². The van der Waals surface area contributed by atoms with Gasteiger partial charge in [0.25, 0.3) is 0 Å². The van der Waals surface area contributed by atoms with Gasteiger partial charge >= 0.3 is 0 Å². The van der Waals surface area contributed by atoms with Gasteiger partial charge in [0, 0.05) is 0 Å². The van der Waals surface area contributed by atoms with Crippen molar-refractivity contribution in [3.05, 3.63) is 33.8 Å². The van der Waals surface area contributed by atoms with E-state index in [0.717, 1.165) is 0 Å². The Bertz CT molecular complexity index is 869. The SMILES string of the molecule is CONC1=NCNC2C1N=CN2[C@@H]1O[C@H]([C@](C)(O)c2ccc(Cl)c(Cl)c2)[C@@H](O)[C@H]1O. The molecule has 12 heteroatoms. The molecule has 2 unspecified atom stereocenters. The molecule has 3 aliphatic rings. The number of aliphatic imine (C=N–C) groups is 2. The van der Waals surface area contributed by atoms with Crippen LogP contribution in [0, 0.1) is 0 Å². The van der Waals surface area contributed by atoms with E-state index in [4.69, 9.17) is 32.8 Å². The number of hydroxylamine groups is 1. The van der Waals surface area contributed by atoms with Crippen LogP contribution in [-0.4, -0.2) is 82.9 Å². The molecule has 0 radical (unpaired) electrons. The van der Waals surface area contributed by atoms with Crippen molar-refractivity contribution >= 4 is 35.4 Å². The van der Waals surface area contributed by atoms with Crippen LogP contribution in [0.25, 0.3) is 0 Å². The molecule has 164 valence electrons. The van der Waals surface area contributed by atoms with Gasteiger partial charge in [0.2, 0.25) is 0 Å². The van der Waals surface area contributed by atoms with E-state index in [-0.39, 0.29) is 11.2 Å². The van der Waals surface area contributed by atoms with Gasteiger partial charge in [0.15, 0.2) is 12.1 Å². The smallest absolute Gasteiger partial charge is 0.161 e. The maximum absolute atomic E-state index is 11.2. The van der Waals surface area contributed by atoms with Gasteiger partial charge in [-0.3, -0.25) is 25.6 Å². The normalized spacial score (nSPS) is 35.2. The van der Waals surface area contributed by atoms with Gasteiger partial charge < -0.3 is 25.0 Å². The minimum Gasteiger partial charge on any atom is -0.387 e. The Hall–Kier alpha value is -1.50. The zero-order chi connectivity index (χ0) is 21.6. The predicted octanol–water partition coefficient (Wildman–Crippen LogP) is -0.204. The molecule has 3 heterocycles. The monoisotopic (exact) mass is 459 g/mol. The summed E-state index contributed by atoms with van der Waals surface area (Å²) < 4.78 is 5.98. The Balaban J connectivity index is 1.56. The first-order chi connectivity index (χ1) is 14.3. The first kappa shape index (κ1) is 21.7. The predicted molar refractivity (Wildman–Crippen MR) is 110 cm³/mol. The number of ether oxygens (including phenoxy) is 1. The van der Waals surface area contributed by atoms with Crippen LogP contribution in [0.4, 0.5) is 0 Å². The number of aliphatic hydroxyl groups is 3. The molecule has 3 aliphatic heterocycles. The minimum atomic E-state index is -1.65. The lowest BCUT2D eigenvalue weighted by atomic mass is 9.87. The lowest BCUT2D eigenvalue weighted by Gasteiger charge is -2.36. The molecular formula is C18H23Cl2N5O5. The molecule has 1 saturated heterocycles. The quantitative estimate of drug-likeness (QED) is 0.391. The van der Waals surface area contributed by atoms with Crippen molar-refractivity contribution in [2.75, 3.05) is 13.8 Å². The molecule has 0 spiro atoms. The van der Waals surface area contributed by atoms with Gasteiger partial charge in [-0.1, -0.05) is 29.3 Å². The molecule has 0 aliphatic carbocycles. The molecule has 30 heavy (non-hydrogen) atoms. The lowest BCUT2D eigenvalue weighted by molar-refractivity contribution is -0.145. The molecule has 1 aromatic rings. The molecule has 0 amide bonds. The minimum absolute atomic E-state index is 0.261. The van der Waals surface area contributed by atoms with Crippen LogP contribution >= 0.6 is 23.2 Å². The summed E-state index contributed by atoms with van der Waals surface area (Å²) in [5.41, 5.74) is 1.46. The summed E-state index contributed by atoms with van der Waals surface area (Å²) in [7, 11) is 1.48. The first-order valence-electron chi connectivity index (χ1n) is 9.32. The summed E-state index contributed by atoms with van der Waals surface area (Å²) in [5.74, 6) is 0.535. The van der Waals surface area contributed by atoms with E-state index < -0.39 is 36.2 Å². The van der Waals surface area contributed by atoms with Crippen molar-refractivity contribution in [1.29, 1.82) is 0 Å². The summed E-state index contributed by atoms with van der Waals surface area (Å²) in [6.45, 7) is 1.80. The number of rotatable bonds is 4. The highest BCUT2D eigenvalue weighted by molar-refractivity contribution is 6.42. The Morgan fingerprint density at radius 1 is 1.30 bits per heavy atom. The average Bonchev–Trinajstić information content (AvgIpc) is 3.27. The van der Waals surface area contributed by atoms with E-state index in [9.17, 15) is 15.3 Å². The third-order valence-electron chi connectivity index (χ3n) is 5.61. The highest BCUT2D eigenvalue weighted by Gasteiger charge is 2.55. The second-order valence-corrected chi connectivity index (χ2v) is 8.33. The fourth-order valence-corrected chi connectivity index (χ4v) is 4.29. The van der Waals surface area contributed by atoms with Crippen LogP contribution in [0.1, 0.15) is 12.5 Å². The van der Waals surface area contributed by atoms with Crippen LogP contribution in [0.15, 0.2) is 28.2 Å². The molecule has 0 bridgehead atoms. The van der Waals surface area contributed by atoms with E-state index >= 15 is 0 Å². The number of halogens is 2. The van der Waals surface area contributed by atoms with Gasteiger partial charge in [-0.05, 0) is 24.6 Å². The maximum atomic E-state index is 11.2. The topological polar surface area (TPSA) is 131 Å². The fourth-order valence-electron chi connectivity index (χ4n) is 3.99. The van der Waals surface area contributed by atoms with Crippen molar-refractivity contribution < 1.29 is 24.9 Å². The third-order valence-corrected chi connectivity index (χ3v) is 6.35. The molecule has 1 fully saturated rings. The van der Waals surface area contributed by atoms with Crippen LogP contribution in [0.5, 0.6) is 0 Å². The Morgan fingerprint density at radius 3 is 2.77 bits per heavy atom. The van der Waals surface area contributed by atoms with Crippen molar-refractivity contribution in [3.8, 4) is 0 Å². The summed E-state index contributed by atoms with van der Waals surface area (Å²) in [5, 5.41) is 36.4. The van der Waals surface area contributed by atoms with Gasteiger partial charge in [-0.25, -0.2) is 0 Å². The van der Waals surface area contributed by atoms with Gasteiger partial charge in [0.1, 0.15) is 36.1 Å². The molecular weight excluding hydrogens is 437 g/mol. The first-order valence-corrected chi connectivity index (χ1v) is 10.1. The molecule has 10 nitrogen and oxygen atoms in total. The van der Waals surface area contributed by atoms with Crippen molar-refractivity contribution in [2.45, 2.75) is 49.3 Å². The average molecular weight is 460 g/mol. The maximum Gasteiger partial charge on any atom is 0.161 e. The molecule has 7 atom stereocenters. The molecule has 0 aromatic heterocycles. The van der Waals surface area contributed by atoms with E-state index in [1.807, 2.05) is 0 Å². The number of hydrogen-bond acceptors (Lipinski definition) is 10.